The second-order valence-electron chi connectivity index (χ2n) is 6.90. The fourth-order valence-electron chi connectivity index (χ4n) is 2.88. The van der Waals surface area contributed by atoms with Gasteiger partial charge in [0, 0.05) is 10.7 Å². The van der Waals surface area contributed by atoms with E-state index in [1.54, 1.807) is 25.1 Å². The highest BCUT2D eigenvalue weighted by molar-refractivity contribution is 7.92. The number of para-hydroxylation sites is 1. The second-order valence-corrected chi connectivity index (χ2v) is 9.17. The fourth-order valence-corrected chi connectivity index (χ4v) is 4.22. The van der Waals surface area contributed by atoms with E-state index < -0.39 is 22.0 Å². The van der Waals surface area contributed by atoms with Gasteiger partial charge in [0.05, 0.1) is 11.9 Å². The Kier molecular flexibility index (Phi) is 6.54. The molecule has 0 saturated carbocycles. The largest absolute Gasteiger partial charge is 0.324 e. The maximum Gasteiger partial charge on any atom is 0.248 e. The van der Waals surface area contributed by atoms with Crippen molar-refractivity contribution < 1.29 is 13.2 Å². The van der Waals surface area contributed by atoms with E-state index in [-0.39, 0.29) is 5.92 Å². The lowest BCUT2D eigenvalue weighted by Crippen LogP contribution is -2.45. The summed E-state index contributed by atoms with van der Waals surface area (Å²) < 4.78 is 25.9. The first kappa shape index (κ1) is 21.3. The van der Waals surface area contributed by atoms with E-state index in [4.69, 9.17) is 11.6 Å². The maximum absolute atomic E-state index is 12.9. The number of hydrogen-bond donors (Lipinski definition) is 1. The third-order valence-corrected chi connectivity index (χ3v) is 5.99. The number of hydrogen-bond acceptors (Lipinski definition) is 3. The van der Waals surface area contributed by atoms with Crippen molar-refractivity contribution in [3.63, 3.8) is 0 Å². The number of nitrogens with zero attached hydrogens (tertiary/aromatic N) is 1. The normalized spacial score (nSPS) is 12.7. The first-order valence-corrected chi connectivity index (χ1v) is 10.9. The summed E-state index contributed by atoms with van der Waals surface area (Å²) in [5.41, 5.74) is 2.85. The van der Waals surface area contributed by atoms with Crippen LogP contribution in [0, 0.1) is 6.92 Å². The molecule has 27 heavy (non-hydrogen) atoms. The van der Waals surface area contributed by atoms with Gasteiger partial charge >= 0.3 is 0 Å². The molecule has 0 aliphatic carbocycles. The van der Waals surface area contributed by atoms with Crippen LogP contribution in [0.5, 0.6) is 0 Å². The van der Waals surface area contributed by atoms with Gasteiger partial charge in [0.2, 0.25) is 15.9 Å². The summed E-state index contributed by atoms with van der Waals surface area (Å²) in [6.07, 6.45) is 1.08. The summed E-state index contributed by atoms with van der Waals surface area (Å²) >= 11 is 6.16. The number of anilines is 2. The van der Waals surface area contributed by atoms with Gasteiger partial charge in [0.1, 0.15) is 6.04 Å². The van der Waals surface area contributed by atoms with Gasteiger partial charge in [-0.3, -0.25) is 9.10 Å². The SMILES string of the molecule is Cc1ccc(N(C(C)C(=O)Nc2ccccc2C(C)C)S(C)(=O)=O)cc1Cl. The first-order chi connectivity index (χ1) is 12.5. The second kappa shape index (κ2) is 8.31. The lowest BCUT2D eigenvalue weighted by atomic mass is 10.0. The Bertz CT molecular complexity index is 942. The molecular formula is C20H25ClN2O3S. The summed E-state index contributed by atoms with van der Waals surface area (Å²) in [6, 6.07) is 11.5. The van der Waals surface area contributed by atoms with Gasteiger partial charge in [0.15, 0.2) is 0 Å². The van der Waals surface area contributed by atoms with Crippen molar-refractivity contribution in [2.45, 2.75) is 39.7 Å². The van der Waals surface area contributed by atoms with E-state index in [1.165, 1.54) is 0 Å². The van der Waals surface area contributed by atoms with Crippen LogP contribution in [0.1, 0.15) is 37.8 Å². The van der Waals surface area contributed by atoms with Gasteiger partial charge in [-0.25, -0.2) is 8.42 Å². The van der Waals surface area contributed by atoms with E-state index in [1.807, 2.05) is 45.0 Å². The van der Waals surface area contributed by atoms with Crippen molar-refractivity contribution in [1.29, 1.82) is 0 Å². The highest BCUT2D eigenvalue weighted by atomic mass is 35.5. The number of rotatable bonds is 6. The van der Waals surface area contributed by atoms with Crippen molar-refractivity contribution in [1.82, 2.24) is 0 Å². The Morgan fingerprint density at radius 1 is 1.11 bits per heavy atom. The Morgan fingerprint density at radius 3 is 2.30 bits per heavy atom. The molecule has 2 aromatic carbocycles. The minimum atomic E-state index is -3.70. The van der Waals surface area contributed by atoms with Crippen LogP contribution < -0.4 is 9.62 Å². The zero-order valence-electron chi connectivity index (χ0n) is 16.2. The molecule has 0 aromatic heterocycles. The lowest BCUT2D eigenvalue weighted by Gasteiger charge is -2.29. The standard InChI is InChI=1S/C20H25ClN2O3S/c1-13(2)17-8-6-7-9-19(17)22-20(24)15(4)23(27(5,25)26)16-11-10-14(3)18(21)12-16/h6-13,15H,1-5H3,(H,22,24). The van der Waals surface area contributed by atoms with E-state index in [9.17, 15) is 13.2 Å². The monoisotopic (exact) mass is 408 g/mol. The number of halogens is 1. The molecule has 0 spiro atoms. The van der Waals surface area contributed by atoms with Crippen LogP contribution in [-0.4, -0.2) is 26.6 Å². The summed E-state index contributed by atoms with van der Waals surface area (Å²) in [5.74, 6) is -0.191. The van der Waals surface area contributed by atoms with E-state index >= 15 is 0 Å². The number of amides is 1. The Morgan fingerprint density at radius 2 is 1.74 bits per heavy atom. The van der Waals surface area contributed by atoms with Crippen LogP contribution in [0.15, 0.2) is 42.5 Å². The van der Waals surface area contributed by atoms with E-state index in [0.29, 0.717) is 16.4 Å². The van der Waals surface area contributed by atoms with Gasteiger partial charge in [-0.1, -0.05) is 49.7 Å². The molecule has 1 atom stereocenters. The highest BCUT2D eigenvalue weighted by Crippen LogP contribution is 2.28. The summed E-state index contributed by atoms with van der Waals surface area (Å²) in [7, 11) is -3.70. The average Bonchev–Trinajstić information content (AvgIpc) is 2.57. The molecule has 0 bridgehead atoms. The highest BCUT2D eigenvalue weighted by Gasteiger charge is 2.29. The van der Waals surface area contributed by atoms with Crippen LogP contribution in [0.4, 0.5) is 11.4 Å². The molecule has 7 heteroatoms. The Balaban J connectivity index is 2.37. The number of sulfonamides is 1. The molecule has 1 N–H and O–H groups in total. The molecule has 0 fully saturated rings. The molecule has 0 aliphatic rings. The van der Waals surface area contributed by atoms with E-state index in [0.717, 1.165) is 21.7 Å². The minimum Gasteiger partial charge on any atom is -0.324 e. The van der Waals surface area contributed by atoms with Gasteiger partial charge in [0.25, 0.3) is 0 Å². The van der Waals surface area contributed by atoms with Crippen molar-refractivity contribution in [2.75, 3.05) is 15.9 Å². The molecule has 2 rings (SSSR count). The van der Waals surface area contributed by atoms with Crippen LogP contribution in [0.3, 0.4) is 0 Å². The number of aryl methyl sites for hydroxylation is 1. The van der Waals surface area contributed by atoms with Gasteiger partial charge < -0.3 is 5.32 Å². The van der Waals surface area contributed by atoms with Gasteiger partial charge in [-0.2, -0.15) is 0 Å². The molecule has 0 radical (unpaired) electrons. The quantitative estimate of drug-likeness (QED) is 0.761. The number of carbonyl (C=O) groups excluding carboxylic acids is 1. The van der Waals surface area contributed by atoms with Crippen LogP contribution in [-0.2, 0) is 14.8 Å². The summed E-state index contributed by atoms with van der Waals surface area (Å²) in [6.45, 7) is 7.45. The Hall–Kier alpha value is -2.05. The predicted molar refractivity (Wildman–Crippen MR) is 112 cm³/mol. The summed E-state index contributed by atoms with van der Waals surface area (Å²) in [4.78, 5) is 12.9. The smallest absolute Gasteiger partial charge is 0.248 e. The van der Waals surface area contributed by atoms with Crippen LogP contribution in [0.2, 0.25) is 5.02 Å². The molecule has 0 saturated heterocycles. The molecule has 1 unspecified atom stereocenters. The predicted octanol–water partition coefficient (Wildman–Crippen LogP) is 4.57. The lowest BCUT2D eigenvalue weighted by molar-refractivity contribution is -0.116. The van der Waals surface area contributed by atoms with Gasteiger partial charge in [-0.15, -0.1) is 0 Å². The third-order valence-electron chi connectivity index (χ3n) is 4.34. The van der Waals surface area contributed by atoms with Crippen LogP contribution in [0.25, 0.3) is 0 Å². The molecule has 2 aromatic rings. The maximum atomic E-state index is 12.9. The first-order valence-electron chi connectivity index (χ1n) is 8.67. The molecule has 0 aliphatic heterocycles. The average molecular weight is 409 g/mol. The molecule has 0 heterocycles. The topological polar surface area (TPSA) is 66.5 Å². The van der Waals surface area contributed by atoms with Crippen LogP contribution >= 0.6 is 11.6 Å². The third kappa shape index (κ3) is 5.02. The fraction of sp³-hybridized carbons (Fsp3) is 0.350. The summed E-state index contributed by atoms with van der Waals surface area (Å²) in [5, 5.41) is 3.31. The van der Waals surface area contributed by atoms with E-state index in [2.05, 4.69) is 5.32 Å². The van der Waals surface area contributed by atoms with Crippen molar-refractivity contribution >= 4 is 38.9 Å². The van der Waals surface area contributed by atoms with Crippen molar-refractivity contribution in [3.8, 4) is 0 Å². The van der Waals surface area contributed by atoms with Gasteiger partial charge in [-0.05, 0) is 49.1 Å². The number of benzene rings is 2. The van der Waals surface area contributed by atoms with Crippen molar-refractivity contribution in [2.24, 2.45) is 0 Å². The Labute approximate surface area is 166 Å². The molecule has 5 nitrogen and oxygen atoms in total. The minimum absolute atomic E-state index is 0.221. The number of carbonyl (C=O) groups is 1. The zero-order valence-corrected chi connectivity index (χ0v) is 17.7. The van der Waals surface area contributed by atoms with Crippen molar-refractivity contribution in [3.05, 3.63) is 58.6 Å². The zero-order chi connectivity index (χ0) is 20.4. The molecule has 1 amide bonds. The number of nitrogens with one attached hydrogen (secondary N) is 1. The molecule has 146 valence electrons. The molecular weight excluding hydrogens is 384 g/mol.